The van der Waals surface area contributed by atoms with E-state index in [2.05, 4.69) is 10.0 Å². The molecule has 1 fully saturated rings. The van der Waals surface area contributed by atoms with Crippen molar-refractivity contribution in [2.75, 3.05) is 6.54 Å². The maximum atomic E-state index is 14.0. The van der Waals surface area contributed by atoms with Crippen LogP contribution in [0, 0.1) is 5.41 Å². The summed E-state index contributed by atoms with van der Waals surface area (Å²) in [5.41, 5.74) is 7.77. The molecule has 0 bridgehead atoms. The summed E-state index contributed by atoms with van der Waals surface area (Å²) >= 11 is 1.31. The highest BCUT2D eigenvalue weighted by Gasteiger charge is 2.42. The maximum absolute atomic E-state index is 14.0. The van der Waals surface area contributed by atoms with E-state index in [1.54, 1.807) is 6.07 Å². The van der Waals surface area contributed by atoms with Gasteiger partial charge < -0.3 is 16.0 Å². The van der Waals surface area contributed by atoms with Crippen LogP contribution in [0.2, 0.25) is 0 Å². The molecular weight excluding hydrogens is 524 g/mol. The quantitative estimate of drug-likeness (QED) is 0.189. The summed E-state index contributed by atoms with van der Waals surface area (Å²) in [5, 5.41) is 17.6. The summed E-state index contributed by atoms with van der Waals surface area (Å²) in [5.74, 6) is -1.58. The van der Waals surface area contributed by atoms with Crippen LogP contribution in [0.15, 0.2) is 72.1 Å². The van der Waals surface area contributed by atoms with E-state index in [9.17, 15) is 18.0 Å². The van der Waals surface area contributed by atoms with Gasteiger partial charge in [0.05, 0.1) is 4.88 Å². The molecule has 2 aromatic carbocycles. The number of hydrogen-bond donors (Lipinski definition) is 5. The lowest BCUT2D eigenvalue weighted by Gasteiger charge is -2.33. The molecule has 0 radical (unpaired) electrons. The molecule has 1 aliphatic rings. The average molecular weight is 555 g/mol. The Morgan fingerprint density at radius 1 is 1.08 bits per heavy atom. The fourth-order valence-electron chi connectivity index (χ4n) is 4.73. The molecule has 2 unspecified atom stereocenters. The zero-order chi connectivity index (χ0) is 27.3. The lowest BCUT2D eigenvalue weighted by Crippen LogP contribution is -2.56. The van der Waals surface area contributed by atoms with Crippen LogP contribution in [0.5, 0.6) is 0 Å². The maximum Gasteiger partial charge on any atom is 0.275 e. The molecule has 3 aromatic rings. The number of thiophene rings is 1. The number of amides is 2. The van der Waals surface area contributed by atoms with Gasteiger partial charge >= 0.3 is 0 Å². The van der Waals surface area contributed by atoms with Crippen LogP contribution in [0.4, 0.5) is 0 Å². The van der Waals surface area contributed by atoms with Crippen molar-refractivity contribution >= 4 is 39.2 Å². The largest absolute Gasteiger partial charge is 0.383 e. The van der Waals surface area contributed by atoms with E-state index in [0.717, 1.165) is 16.7 Å². The molecule has 0 spiro atoms. The van der Waals surface area contributed by atoms with Crippen LogP contribution >= 0.6 is 11.3 Å². The second-order valence-electron chi connectivity index (χ2n) is 9.08. The molecular formula is C26H30N6O4S2. The summed E-state index contributed by atoms with van der Waals surface area (Å²) in [4.78, 5) is 29.2. The van der Waals surface area contributed by atoms with Crippen molar-refractivity contribution in [1.82, 2.24) is 14.9 Å². The third-order valence-corrected chi connectivity index (χ3v) is 8.03. The fourth-order valence-corrected chi connectivity index (χ4v) is 6.10. The Hall–Kier alpha value is -3.58. The van der Waals surface area contributed by atoms with E-state index < -0.39 is 34.1 Å². The zero-order valence-corrected chi connectivity index (χ0v) is 22.2. The van der Waals surface area contributed by atoms with Crippen LogP contribution in [-0.2, 0) is 26.3 Å². The highest BCUT2D eigenvalue weighted by molar-refractivity contribution is 7.87. The van der Waals surface area contributed by atoms with E-state index in [0.29, 0.717) is 24.3 Å². The summed E-state index contributed by atoms with van der Waals surface area (Å²) in [6, 6.07) is 18.0. The van der Waals surface area contributed by atoms with E-state index in [-0.39, 0.29) is 18.3 Å². The molecule has 0 saturated carbocycles. The number of rotatable bonds is 10. The summed E-state index contributed by atoms with van der Waals surface area (Å²) in [6.45, 7) is 0.527. The molecule has 12 heteroatoms. The third-order valence-electron chi connectivity index (χ3n) is 6.43. The number of nitrogen functional groups attached to an aromatic ring is 1. The Labute approximate surface area is 225 Å². The molecule has 4 rings (SSSR count). The number of carbonyl (C=O) groups is 2. The Bertz CT molecular complexity index is 1360. The smallest absolute Gasteiger partial charge is 0.275 e. The molecule has 1 aliphatic heterocycles. The number of carbonyl (C=O) groups excluding carboxylic acids is 2. The Kier molecular flexibility index (Phi) is 8.57. The minimum absolute atomic E-state index is 0.0417. The lowest BCUT2D eigenvalue weighted by atomic mass is 9.84. The van der Waals surface area contributed by atoms with Gasteiger partial charge in [-0.3, -0.25) is 15.0 Å². The molecule has 0 aliphatic carbocycles. The number of hydrogen-bond acceptors (Lipinski definition) is 6. The van der Waals surface area contributed by atoms with E-state index >= 15 is 0 Å². The number of nitrogens with one attached hydrogen (secondary N) is 3. The zero-order valence-electron chi connectivity index (χ0n) is 20.5. The van der Waals surface area contributed by atoms with Gasteiger partial charge in [0.1, 0.15) is 17.9 Å². The van der Waals surface area contributed by atoms with Gasteiger partial charge in [-0.25, -0.2) is 5.14 Å². The molecule has 2 amide bonds. The summed E-state index contributed by atoms with van der Waals surface area (Å²) in [6.07, 6.45) is 1.05. The number of amidine groups is 1. The Morgan fingerprint density at radius 3 is 2.21 bits per heavy atom. The molecule has 200 valence electrons. The van der Waals surface area contributed by atoms with Gasteiger partial charge in [-0.1, -0.05) is 60.7 Å². The second kappa shape index (κ2) is 11.9. The first-order valence-corrected chi connectivity index (χ1v) is 14.5. The van der Waals surface area contributed by atoms with Gasteiger partial charge in [0.2, 0.25) is 11.8 Å². The molecule has 2 atom stereocenters. The molecule has 10 nitrogen and oxygen atoms in total. The van der Waals surface area contributed by atoms with Crippen LogP contribution in [0.25, 0.3) is 0 Å². The Morgan fingerprint density at radius 2 is 1.68 bits per heavy atom. The fraction of sp³-hybridized carbons (Fsp3) is 0.269. The summed E-state index contributed by atoms with van der Waals surface area (Å²) < 4.78 is 26.8. The first-order valence-electron chi connectivity index (χ1n) is 12.0. The van der Waals surface area contributed by atoms with Crippen molar-refractivity contribution < 1.29 is 18.0 Å². The predicted molar refractivity (Wildman–Crippen MR) is 147 cm³/mol. The van der Waals surface area contributed by atoms with Crippen molar-refractivity contribution in [2.45, 2.75) is 37.4 Å². The normalized spacial score (nSPS) is 16.4. The van der Waals surface area contributed by atoms with Crippen molar-refractivity contribution in [2.24, 2.45) is 10.9 Å². The van der Waals surface area contributed by atoms with Gasteiger partial charge in [-0.05, 0) is 41.0 Å². The van der Waals surface area contributed by atoms with Crippen molar-refractivity contribution in [3.05, 3.63) is 93.7 Å². The van der Waals surface area contributed by atoms with E-state index in [4.69, 9.17) is 16.3 Å². The van der Waals surface area contributed by atoms with Crippen molar-refractivity contribution in [1.29, 1.82) is 5.41 Å². The average Bonchev–Trinajstić information content (AvgIpc) is 3.57. The third kappa shape index (κ3) is 6.64. The van der Waals surface area contributed by atoms with Crippen LogP contribution in [0.3, 0.4) is 0 Å². The van der Waals surface area contributed by atoms with Gasteiger partial charge in [0.15, 0.2) is 0 Å². The SMILES string of the molecule is N=C(N)c1cc(CNC(=O)C2CCCN2C(=O)C(NS(N)(=O)=O)C(c2ccccc2)c2ccccc2)cs1. The molecule has 1 aromatic heterocycles. The summed E-state index contributed by atoms with van der Waals surface area (Å²) in [7, 11) is -4.27. The van der Waals surface area contributed by atoms with Crippen molar-refractivity contribution in [3.8, 4) is 0 Å². The molecule has 1 saturated heterocycles. The van der Waals surface area contributed by atoms with Gasteiger partial charge in [0, 0.05) is 19.0 Å². The lowest BCUT2D eigenvalue weighted by molar-refractivity contribution is -0.140. The predicted octanol–water partition coefficient (Wildman–Crippen LogP) is 1.63. The van der Waals surface area contributed by atoms with E-state index in [1.807, 2.05) is 66.0 Å². The number of nitrogens with two attached hydrogens (primary N) is 2. The number of likely N-dealkylation sites (tertiary alicyclic amines) is 1. The first kappa shape index (κ1) is 27.5. The minimum Gasteiger partial charge on any atom is -0.383 e. The highest BCUT2D eigenvalue weighted by Crippen LogP contribution is 2.31. The molecule has 2 heterocycles. The molecule has 7 N–H and O–H groups in total. The number of benzene rings is 2. The van der Waals surface area contributed by atoms with Gasteiger partial charge in [-0.2, -0.15) is 13.1 Å². The molecule has 38 heavy (non-hydrogen) atoms. The van der Waals surface area contributed by atoms with Crippen LogP contribution < -0.4 is 20.9 Å². The Balaban J connectivity index is 1.61. The van der Waals surface area contributed by atoms with Crippen LogP contribution in [0.1, 0.15) is 40.3 Å². The van der Waals surface area contributed by atoms with Gasteiger partial charge in [-0.15, -0.1) is 11.3 Å². The van der Waals surface area contributed by atoms with Gasteiger partial charge in [0.25, 0.3) is 10.2 Å². The van der Waals surface area contributed by atoms with Crippen molar-refractivity contribution in [3.63, 3.8) is 0 Å². The highest BCUT2D eigenvalue weighted by atomic mass is 32.2. The standard InChI is InChI=1S/C26H30N6O4S2/c27-24(28)21-14-17(16-37-21)15-30-25(33)20-12-7-13-32(20)26(34)23(31-38(29,35)36)22(18-8-3-1-4-9-18)19-10-5-2-6-11-19/h1-6,8-11,14,16,20,22-23,31H,7,12-13,15H2,(H3,27,28)(H,30,33)(H2,29,35,36). The number of nitrogens with zero attached hydrogens (tertiary/aromatic N) is 1. The topological polar surface area (TPSA) is 171 Å². The van der Waals surface area contributed by atoms with E-state index in [1.165, 1.54) is 16.2 Å². The second-order valence-corrected chi connectivity index (χ2v) is 11.3. The monoisotopic (exact) mass is 554 g/mol. The first-order chi connectivity index (χ1) is 18.1. The minimum atomic E-state index is -4.27. The van der Waals surface area contributed by atoms with Crippen LogP contribution in [-0.4, -0.2) is 49.6 Å².